The Bertz CT molecular complexity index is 284. The third-order valence-corrected chi connectivity index (χ3v) is 5.14. The van der Waals surface area contributed by atoms with Crippen molar-refractivity contribution >= 4 is 10.0 Å². The van der Waals surface area contributed by atoms with Gasteiger partial charge in [-0.2, -0.15) is 0 Å². The summed E-state index contributed by atoms with van der Waals surface area (Å²) in [7, 11) is -1.33. The van der Waals surface area contributed by atoms with Crippen molar-refractivity contribution in [3.8, 4) is 0 Å². The zero-order valence-electron chi connectivity index (χ0n) is 10.4. The van der Waals surface area contributed by atoms with E-state index in [1.54, 1.807) is 14.0 Å². The van der Waals surface area contributed by atoms with E-state index >= 15 is 0 Å². The minimum Gasteiger partial charge on any atom is -0.314 e. The first kappa shape index (κ1) is 13.9. The van der Waals surface area contributed by atoms with Crippen LogP contribution in [0.2, 0.25) is 0 Å². The van der Waals surface area contributed by atoms with Gasteiger partial charge in [0.2, 0.25) is 10.0 Å². The lowest BCUT2D eigenvalue weighted by atomic mass is 10.2. The molecule has 1 rings (SSSR count). The number of hydrogen-bond donors (Lipinski definition) is 1. The third-order valence-electron chi connectivity index (χ3n) is 3.28. The van der Waals surface area contributed by atoms with Gasteiger partial charge in [-0.3, -0.25) is 0 Å². The number of nitrogens with zero attached hydrogens (tertiary/aromatic N) is 1. The third kappa shape index (κ3) is 4.39. The smallest absolute Gasteiger partial charge is 0.213 e. The van der Waals surface area contributed by atoms with E-state index < -0.39 is 10.0 Å². The zero-order chi connectivity index (χ0) is 12.0. The van der Waals surface area contributed by atoms with Crippen molar-refractivity contribution in [1.29, 1.82) is 0 Å². The zero-order valence-corrected chi connectivity index (χ0v) is 11.2. The molecule has 0 spiro atoms. The lowest BCUT2D eigenvalue weighted by Crippen LogP contribution is -2.33. The van der Waals surface area contributed by atoms with Crippen molar-refractivity contribution in [1.82, 2.24) is 9.62 Å². The molecule has 1 aliphatic carbocycles. The van der Waals surface area contributed by atoms with Crippen molar-refractivity contribution < 1.29 is 8.42 Å². The highest BCUT2D eigenvalue weighted by atomic mass is 32.2. The second kappa shape index (κ2) is 6.57. The first-order chi connectivity index (χ1) is 7.56. The van der Waals surface area contributed by atoms with E-state index in [4.69, 9.17) is 0 Å². The first-order valence-electron chi connectivity index (χ1n) is 6.23. The largest absolute Gasteiger partial charge is 0.314 e. The Kier molecular flexibility index (Phi) is 5.72. The molecule has 96 valence electrons. The number of hydrogen-bond acceptors (Lipinski definition) is 3. The first-order valence-corrected chi connectivity index (χ1v) is 7.84. The summed E-state index contributed by atoms with van der Waals surface area (Å²) in [4.78, 5) is 0. The van der Waals surface area contributed by atoms with Gasteiger partial charge >= 0.3 is 0 Å². The maximum absolute atomic E-state index is 11.5. The summed E-state index contributed by atoms with van der Waals surface area (Å²) >= 11 is 0. The van der Waals surface area contributed by atoms with Crippen molar-refractivity contribution in [2.24, 2.45) is 0 Å². The molecule has 0 aromatic carbocycles. The SMILES string of the molecule is CCS(=O)(=O)N(C)CCCNC1CCCC1. The predicted octanol–water partition coefficient (Wildman–Crippen LogP) is 1.19. The second-order valence-electron chi connectivity index (χ2n) is 4.51. The Morgan fingerprint density at radius 1 is 1.31 bits per heavy atom. The second-order valence-corrected chi connectivity index (χ2v) is 6.88. The molecule has 1 aliphatic rings. The molecule has 0 unspecified atom stereocenters. The lowest BCUT2D eigenvalue weighted by molar-refractivity contribution is 0.440. The fourth-order valence-electron chi connectivity index (χ4n) is 2.10. The van der Waals surface area contributed by atoms with Crippen molar-refractivity contribution in [3.63, 3.8) is 0 Å². The quantitative estimate of drug-likeness (QED) is 0.689. The summed E-state index contributed by atoms with van der Waals surface area (Å²) in [6.45, 7) is 3.23. The summed E-state index contributed by atoms with van der Waals surface area (Å²) in [5, 5.41) is 3.48. The van der Waals surface area contributed by atoms with Crippen molar-refractivity contribution in [2.75, 3.05) is 25.9 Å². The molecular formula is C11H24N2O2S. The highest BCUT2D eigenvalue weighted by Gasteiger charge is 2.15. The molecule has 0 radical (unpaired) electrons. The molecule has 0 aliphatic heterocycles. The molecule has 0 bridgehead atoms. The molecule has 0 saturated heterocycles. The maximum atomic E-state index is 11.5. The molecule has 1 N–H and O–H groups in total. The molecule has 0 amide bonds. The van der Waals surface area contributed by atoms with Crippen LogP contribution >= 0.6 is 0 Å². The molecule has 0 aromatic rings. The summed E-state index contributed by atoms with van der Waals surface area (Å²) in [6.07, 6.45) is 6.13. The highest BCUT2D eigenvalue weighted by molar-refractivity contribution is 7.89. The van der Waals surface area contributed by atoms with E-state index in [1.807, 2.05) is 0 Å². The monoisotopic (exact) mass is 248 g/mol. The number of sulfonamides is 1. The summed E-state index contributed by atoms with van der Waals surface area (Å²) in [6, 6.07) is 0.674. The van der Waals surface area contributed by atoms with Gasteiger partial charge in [0.1, 0.15) is 0 Å². The number of nitrogens with one attached hydrogen (secondary N) is 1. The normalized spacial score (nSPS) is 18.4. The van der Waals surface area contributed by atoms with Crippen LogP contribution < -0.4 is 5.32 Å². The van der Waals surface area contributed by atoms with Gasteiger partial charge in [-0.15, -0.1) is 0 Å². The highest BCUT2D eigenvalue weighted by Crippen LogP contribution is 2.17. The van der Waals surface area contributed by atoms with E-state index in [-0.39, 0.29) is 5.75 Å². The van der Waals surface area contributed by atoms with Crippen LogP contribution in [0.4, 0.5) is 0 Å². The average molecular weight is 248 g/mol. The molecule has 0 heterocycles. The summed E-state index contributed by atoms with van der Waals surface area (Å²) in [5.74, 6) is 0.194. The van der Waals surface area contributed by atoms with Crippen LogP contribution in [0.5, 0.6) is 0 Å². The van der Waals surface area contributed by atoms with E-state index in [0.717, 1.165) is 13.0 Å². The Morgan fingerprint density at radius 2 is 1.94 bits per heavy atom. The van der Waals surface area contributed by atoms with Gasteiger partial charge in [-0.25, -0.2) is 12.7 Å². The molecular weight excluding hydrogens is 224 g/mol. The minimum absolute atomic E-state index is 0.194. The summed E-state index contributed by atoms with van der Waals surface area (Å²) in [5.41, 5.74) is 0. The topological polar surface area (TPSA) is 49.4 Å². The van der Waals surface area contributed by atoms with Crippen molar-refractivity contribution in [3.05, 3.63) is 0 Å². The van der Waals surface area contributed by atoms with Crippen LogP contribution in [0.15, 0.2) is 0 Å². The van der Waals surface area contributed by atoms with E-state index in [0.29, 0.717) is 12.6 Å². The Morgan fingerprint density at radius 3 is 2.50 bits per heavy atom. The molecule has 16 heavy (non-hydrogen) atoms. The van der Waals surface area contributed by atoms with Gasteiger partial charge in [-0.05, 0) is 32.7 Å². The van der Waals surface area contributed by atoms with Gasteiger partial charge in [0, 0.05) is 19.6 Å². The fraction of sp³-hybridized carbons (Fsp3) is 1.00. The van der Waals surface area contributed by atoms with Gasteiger partial charge in [-0.1, -0.05) is 12.8 Å². The van der Waals surface area contributed by atoms with Gasteiger partial charge in [0.15, 0.2) is 0 Å². The van der Waals surface area contributed by atoms with Crippen LogP contribution in [-0.2, 0) is 10.0 Å². The van der Waals surface area contributed by atoms with E-state index in [1.165, 1.54) is 30.0 Å². The molecule has 5 heteroatoms. The Balaban J connectivity index is 2.10. The minimum atomic E-state index is -2.99. The predicted molar refractivity (Wildman–Crippen MR) is 67.0 cm³/mol. The van der Waals surface area contributed by atoms with Gasteiger partial charge in [0.05, 0.1) is 5.75 Å². The van der Waals surface area contributed by atoms with Crippen LogP contribution in [0.25, 0.3) is 0 Å². The number of rotatable bonds is 7. The van der Waals surface area contributed by atoms with Crippen molar-refractivity contribution in [2.45, 2.75) is 45.1 Å². The Hall–Kier alpha value is -0.130. The molecule has 1 fully saturated rings. The standard InChI is InChI=1S/C11H24N2O2S/c1-3-16(14,15)13(2)10-6-9-12-11-7-4-5-8-11/h11-12H,3-10H2,1-2H3. The van der Waals surface area contributed by atoms with E-state index in [2.05, 4.69) is 5.32 Å². The lowest BCUT2D eigenvalue weighted by Gasteiger charge is -2.17. The molecule has 1 saturated carbocycles. The maximum Gasteiger partial charge on any atom is 0.213 e. The van der Waals surface area contributed by atoms with E-state index in [9.17, 15) is 8.42 Å². The van der Waals surface area contributed by atoms with Crippen LogP contribution in [0.3, 0.4) is 0 Å². The molecule has 0 aromatic heterocycles. The molecule has 4 nitrogen and oxygen atoms in total. The average Bonchev–Trinajstić information content (AvgIpc) is 2.76. The Labute approximate surface area is 99.5 Å². The van der Waals surface area contributed by atoms with Gasteiger partial charge in [0.25, 0.3) is 0 Å². The summed E-state index contributed by atoms with van der Waals surface area (Å²) < 4.78 is 24.4. The van der Waals surface area contributed by atoms with Gasteiger partial charge < -0.3 is 5.32 Å². The van der Waals surface area contributed by atoms with Crippen LogP contribution in [0, 0.1) is 0 Å². The van der Waals surface area contributed by atoms with Crippen LogP contribution in [-0.4, -0.2) is 44.7 Å². The van der Waals surface area contributed by atoms with Crippen LogP contribution in [0.1, 0.15) is 39.0 Å². The molecule has 0 atom stereocenters. The fourth-order valence-corrected chi connectivity index (χ4v) is 2.95.